The Balaban J connectivity index is 2.97. The van der Waals surface area contributed by atoms with E-state index in [1.165, 1.54) is 6.92 Å². The van der Waals surface area contributed by atoms with Crippen molar-refractivity contribution in [3.8, 4) is 0 Å². The van der Waals surface area contributed by atoms with Crippen molar-refractivity contribution in [1.29, 1.82) is 0 Å². The molecule has 1 amide bonds. The highest BCUT2D eigenvalue weighted by Gasteiger charge is 2.34. The van der Waals surface area contributed by atoms with Gasteiger partial charge >= 0.3 is 5.97 Å². The Labute approximate surface area is 125 Å². The number of nitrogens with one attached hydrogen (secondary N) is 1. The van der Waals surface area contributed by atoms with E-state index in [1.807, 2.05) is 6.92 Å². The average Bonchev–Trinajstić information content (AvgIpc) is 2.28. The molecule has 0 bridgehead atoms. The molecule has 19 heavy (non-hydrogen) atoms. The standard InChI is InChI=1S/C13H15BrClNO3/c1-3-6-13(2,12(18)19)16-11(17)9-5-4-8(14)7-10(9)15/h4-5,7H,3,6H2,1-2H3,(H,16,17)(H,18,19). The molecule has 1 rings (SSSR count). The quantitative estimate of drug-likeness (QED) is 0.856. The van der Waals surface area contributed by atoms with Crippen LogP contribution in [0.3, 0.4) is 0 Å². The lowest BCUT2D eigenvalue weighted by molar-refractivity contribution is -0.144. The number of amides is 1. The molecule has 6 heteroatoms. The van der Waals surface area contributed by atoms with Crippen LogP contribution in [0.2, 0.25) is 5.02 Å². The minimum atomic E-state index is -1.29. The van der Waals surface area contributed by atoms with Crippen molar-refractivity contribution in [3.63, 3.8) is 0 Å². The monoisotopic (exact) mass is 347 g/mol. The molecule has 1 aromatic rings. The van der Waals surface area contributed by atoms with Crippen molar-refractivity contribution in [2.24, 2.45) is 0 Å². The summed E-state index contributed by atoms with van der Waals surface area (Å²) in [7, 11) is 0. The van der Waals surface area contributed by atoms with E-state index in [0.29, 0.717) is 12.8 Å². The second-order valence-electron chi connectivity index (χ2n) is 4.47. The van der Waals surface area contributed by atoms with Crippen LogP contribution in [0.5, 0.6) is 0 Å². The lowest BCUT2D eigenvalue weighted by atomic mass is 9.96. The predicted molar refractivity (Wildman–Crippen MR) is 77.6 cm³/mol. The van der Waals surface area contributed by atoms with E-state index in [9.17, 15) is 14.7 Å². The maximum absolute atomic E-state index is 12.1. The van der Waals surface area contributed by atoms with Crippen LogP contribution in [0.25, 0.3) is 0 Å². The molecule has 4 nitrogen and oxygen atoms in total. The summed E-state index contributed by atoms with van der Waals surface area (Å²) in [6, 6.07) is 4.82. The van der Waals surface area contributed by atoms with Crippen molar-refractivity contribution in [1.82, 2.24) is 5.32 Å². The molecule has 0 radical (unpaired) electrons. The Kier molecular flexibility index (Phi) is 5.38. The van der Waals surface area contributed by atoms with Crippen molar-refractivity contribution in [2.75, 3.05) is 0 Å². The highest BCUT2D eigenvalue weighted by molar-refractivity contribution is 9.10. The normalized spacial score (nSPS) is 13.7. The maximum Gasteiger partial charge on any atom is 0.329 e. The predicted octanol–water partition coefficient (Wildman–Crippen LogP) is 3.48. The molecule has 0 aliphatic rings. The largest absolute Gasteiger partial charge is 0.480 e. The number of carbonyl (C=O) groups excluding carboxylic acids is 1. The molecule has 1 atom stereocenters. The van der Waals surface area contributed by atoms with Crippen LogP contribution in [0.1, 0.15) is 37.0 Å². The highest BCUT2D eigenvalue weighted by Crippen LogP contribution is 2.22. The molecule has 0 aromatic heterocycles. The minimum Gasteiger partial charge on any atom is -0.480 e. The molecule has 0 fully saturated rings. The summed E-state index contributed by atoms with van der Waals surface area (Å²) in [5, 5.41) is 12.0. The Bertz CT molecular complexity index is 507. The summed E-state index contributed by atoms with van der Waals surface area (Å²) in [6.45, 7) is 3.35. The van der Waals surface area contributed by atoms with Crippen LogP contribution in [-0.2, 0) is 4.79 Å². The Morgan fingerprint density at radius 1 is 1.47 bits per heavy atom. The van der Waals surface area contributed by atoms with Crippen molar-refractivity contribution in [3.05, 3.63) is 33.3 Å². The molecule has 0 saturated carbocycles. The van der Waals surface area contributed by atoms with Gasteiger partial charge in [-0.05, 0) is 31.5 Å². The Hall–Kier alpha value is -1.07. The number of benzene rings is 1. The topological polar surface area (TPSA) is 66.4 Å². The second-order valence-corrected chi connectivity index (χ2v) is 5.79. The summed E-state index contributed by atoms with van der Waals surface area (Å²) >= 11 is 9.22. The van der Waals surface area contributed by atoms with Gasteiger partial charge in [0.15, 0.2) is 0 Å². The van der Waals surface area contributed by atoms with Crippen LogP contribution in [-0.4, -0.2) is 22.5 Å². The fourth-order valence-corrected chi connectivity index (χ4v) is 2.47. The first-order chi connectivity index (χ1) is 8.80. The van der Waals surface area contributed by atoms with Gasteiger partial charge in [0.2, 0.25) is 0 Å². The van der Waals surface area contributed by atoms with E-state index < -0.39 is 17.4 Å². The van der Waals surface area contributed by atoms with Gasteiger partial charge in [0.25, 0.3) is 5.91 Å². The zero-order valence-corrected chi connectivity index (χ0v) is 13.0. The van der Waals surface area contributed by atoms with Crippen LogP contribution >= 0.6 is 27.5 Å². The molecule has 104 valence electrons. The van der Waals surface area contributed by atoms with E-state index in [0.717, 1.165) is 4.47 Å². The smallest absolute Gasteiger partial charge is 0.329 e. The summed E-state index contributed by atoms with van der Waals surface area (Å²) in [5.74, 6) is -1.55. The minimum absolute atomic E-state index is 0.258. The van der Waals surface area contributed by atoms with Gasteiger partial charge < -0.3 is 10.4 Å². The molecular formula is C13H15BrClNO3. The number of hydrogen-bond donors (Lipinski definition) is 2. The van der Waals surface area contributed by atoms with E-state index in [2.05, 4.69) is 21.2 Å². The Morgan fingerprint density at radius 3 is 2.58 bits per heavy atom. The lowest BCUT2D eigenvalue weighted by Gasteiger charge is -2.26. The molecule has 1 aromatic carbocycles. The first-order valence-corrected chi connectivity index (χ1v) is 6.98. The fraction of sp³-hybridized carbons (Fsp3) is 0.385. The number of carboxylic acids is 1. The number of rotatable bonds is 5. The number of carbonyl (C=O) groups is 2. The number of hydrogen-bond acceptors (Lipinski definition) is 2. The summed E-state index contributed by atoms with van der Waals surface area (Å²) in [5.41, 5.74) is -1.03. The van der Waals surface area contributed by atoms with Gasteiger partial charge in [-0.3, -0.25) is 4.79 Å². The first-order valence-electron chi connectivity index (χ1n) is 5.81. The van der Waals surface area contributed by atoms with E-state index in [4.69, 9.17) is 11.6 Å². The van der Waals surface area contributed by atoms with Gasteiger partial charge in [-0.15, -0.1) is 0 Å². The molecular weight excluding hydrogens is 334 g/mol. The van der Waals surface area contributed by atoms with Crippen LogP contribution in [0, 0.1) is 0 Å². The Morgan fingerprint density at radius 2 is 2.11 bits per heavy atom. The third-order valence-electron chi connectivity index (χ3n) is 2.79. The van der Waals surface area contributed by atoms with Crippen molar-refractivity contribution in [2.45, 2.75) is 32.2 Å². The van der Waals surface area contributed by atoms with Gasteiger partial charge in [-0.1, -0.05) is 40.9 Å². The third kappa shape index (κ3) is 3.94. The van der Waals surface area contributed by atoms with Gasteiger partial charge in [0.05, 0.1) is 10.6 Å². The van der Waals surface area contributed by atoms with Crippen molar-refractivity contribution >= 4 is 39.4 Å². The molecule has 0 spiro atoms. The van der Waals surface area contributed by atoms with E-state index >= 15 is 0 Å². The summed E-state index contributed by atoms with van der Waals surface area (Å²) in [6.07, 6.45) is 0.999. The number of carboxylic acid groups (broad SMARTS) is 1. The maximum atomic E-state index is 12.1. The number of aliphatic carboxylic acids is 1. The van der Waals surface area contributed by atoms with Crippen LogP contribution < -0.4 is 5.32 Å². The van der Waals surface area contributed by atoms with E-state index in [1.54, 1.807) is 18.2 Å². The zero-order chi connectivity index (χ0) is 14.6. The van der Waals surface area contributed by atoms with Gasteiger partial charge in [0.1, 0.15) is 5.54 Å². The molecule has 0 heterocycles. The SMILES string of the molecule is CCCC(C)(NC(=O)c1ccc(Br)cc1Cl)C(=O)O. The lowest BCUT2D eigenvalue weighted by Crippen LogP contribution is -2.52. The number of halogens is 2. The highest BCUT2D eigenvalue weighted by atomic mass is 79.9. The van der Waals surface area contributed by atoms with Gasteiger partial charge in [-0.25, -0.2) is 4.79 Å². The molecule has 2 N–H and O–H groups in total. The second kappa shape index (κ2) is 6.39. The molecule has 0 aliphatic heterocycles. The van der Waals surface area contributed by atoms with Crippen LogP contribution in [0.4, 0.5) is 0 Å². The first kappa shape index (κ1) is 16.0. The average molecular weight is 349 g/mol. The molecule has 1 unspecified atom stereocenters. The third-order valence-corrected chi connectivity index (χ3v) is 3.59. The summed E-state index contributed by atoms with van der Waals surface area (Å²) in [4.78, 5) is 23.4. The zero-order valence-electron chi connectivity index (χ0n) is 10.7. The summed E-state index contributed by atoms with van der Waals surface area (Å²) < 4.78 is 0.753. The van der Waals surface area contributed by atoms with Gasteiger partial charge in [0, 0.05) is 4.47 Å². The van der Waals surface area contributed by atoms with Crippen LogP contribution in [0.15, 0.2) is 22.7 Å². The van der Waals surface area contributed by atoms with Gasteiger partial charge in [-0.2, -0.15) is 0 Å². The fourth-order valence-electron chi connectivity index (χ4n) is 1.71. The molecule has 0 saturated heterocycles. The molecule has 0 aliphatic carbocycles. The van der Waals surface area contributed by atoms with E-state index in [-0.39, 0.29) is 10.6 Å². The van der Waals surface area contributed by atoms with Crippen molar-refractivity contribution < 1.29 is 14.7 Å².